The van der Waals surface area contributed by atoms with Gasteiger partial charge in [-0.2, -0.15) is 0 Å². The van der Waals surface area contributed by atoms with Gasteiger partial charge >= 0.3 is 5.97 Å². The molecule has 0 aliphatic heterocycles. The monoisotopic (exact) mass is 284 g/mol. The van der Waals surface area contributed by atoms with Gasteiger partial charge in [-0.1, -0.05) is 13.3 Å². The van der Waals surface area contributed by atoms with Gasteiger partial charge in [0, 0.05) is 6.61 Å². The second-order valence-electron chi connectivity index (χ2n) is 4.41. The first-order chi connectivity index (χ1) is 9.69. The molecule has 0 amide bonds. The average Bonchev–Trinajstić information content (AvgIpc) is 2.45. The van der Waals surface area contributed by atoms with E-state index in [0.29, 0.717) is 19.4 Å². The van der Waals surface area contributed by atoms with Gasteiger partial charge in [0.05, 0.1) is 18.8 Å². The van der Waals surface area contributed by atoms with Gasteiger partial charge in [0.1, 0.15) is 0 Å². The summed E-state index contributed by atoms with van der Waals surface area (Å²) in [4.78, 5) is 11.6. The highest BCUT2D eigenvalue weighted by Crippen LogP contribution is 2.19. The minimum absolute atomic E-state index is 0.0655. The fourth-order valence-electron chi connectivity index (χ4n) is 1.53. The lowest BCUT2D eigenvalue weighted by Gasteiger charge is -2.08. The third kappa shape index (κ3) is 5.57. The smallest absolute Gasteiger partial charge is 0.338 e. The molecule has 1 N–H and O–H groups in total. The van der Waals surface area contributed by atoms with Crippen molar-refractivity contribution in [1.82, 2.24) is 0 Å². The molecule has 0 aromatic heterocycles. The van der Waals surface area contributed by atoms with Crippen LogP contribution in [0.2, 0.25) is 0 Å². The lowest BCUT2D eigenvalue weighted by molar-refractivity contribution is 0.0492. The number of aliphatic hydroxyl groups excluding tert-OH is 1. The van der Waals surface area contributed by atoms with Crippen LogP contribution in [0.5, 0.6) is 5.75 Å². The van der Waals surface area contributed by atoms with Gasteiger partial charge < -0.3 is 14.6 Å². The maximum atomic E-state index is 13.7. The summed E-state index contributed by atoms with van der Waals surface area (Å²) in [5.74, 6) is -0.983. The topological polar surface area (TPSA) is 55.8 Å². The quantitative estimate of drug-likeness (QED) is 0.559. The Morgan fingerprint density at radius 3 is 2.70 bits per heavy atom. The van der Waals surface area contributed by atoms with Gasteiger partial charge in [-0.3, -0.25) is 0 Å². The molecule has 4 nitrogen and oxygen atoms in total. The predicted octanol–water partition coefficient (Wildman–Crippen LogP) is 2.93. The molecule has 0 spiro atoms. The van der Waals surface area contributed by atoms with Gasteiger partial charge in [0.25, 0.3) is 0 Å². The van der Waals surface area contributed by atoms with Crippen molar-refractivity contribution in [3.05, 3.63) is 29.6 Å². The predicted molar refractivity (Wildman–Crippen MR) is 73.4 cm³/mol. The Balaban J connectivity index is 2.50. The molecule has 20 heavy (non-hydrogen) atoms. The molecular weight excluding hydrogens is 263 g/mol. The molecule has 1 rings (SSSR count). The van der Waals surface area contributed by atoms with Crippen molar-refractivity contribution in [1.29, 1.82) is 0 Å². The van der Waals surface area contributed by atoms with E-state index in [4.69, 9.17) is 14.6 Å². The van der Waals surface area contributed by atoms with Crippen LogP contribution >= 0.6 is 0 Å². The molecule has 0 unspecified atom stereocenters. The zero-order chi connectivity index (χ0) is 14.8. The fourth-order valence-corrected chi connectivity index (χ4v) is 1.53. The lowest BCUT2D eigenvalue weighted by Crippen LogP contribution is -2.08. The third-order valence-electron chi connectivity index (χ3n) is 2.71. The van der Waals surface area contributed by atoms with Crippen molar-refractivity contribution >= 4 is 5.97 Å². The second kappa shape index (κ2) is 9.31. The van der Waals surface area contributed by atoms with Crippen LogP contribution in [0, 0.1) is 5.82 Å². The summed E-state index contributed by atoms with van der Waals surface area (Å²) in [6.07, 6.45) is 2.99. The molecule has 0 fully saturated rings. The zero-order valence-electron chi connectivity index (χ0n) is 11.7. The molecule has 5 heteroatoms. The molecule has 0 saturated carbocycles. The van der Waals surface area contributed by atoms with Crippen molar-refractivity contribution < 1.29 is 23.8 Å². The molecule has 0 aliphatic carbocycles. The van der Waals surface area contributed by atoms with E-state index in [9.17, 15) is 9.18 Å². The molecule has 1 aromatic rings. The van der Waals surface area contributed by atoms with E-state index in [0.717, 1.165) is 18.9 Å². The highest BCUT2D eigenvalue weighted by atomic mass is 19.1. The van der Waals surface area contributed by atoms with Gasteiger partial charge in [-0.05, 0) is 37.5 Å². The standard InChI is InChI=1S/C15H21FO4/c1-2-3-9-19-14-7-6-12(11-13(14)16)15(18)20-10-5-4-8-17/h6-7,11,17H,2-5,8-10H2,1H3. The van der Waals surface area contributed by atoms with Crippen LogP contribution in [0.25, 0.3) is 0 Å². The fraction of sp³-hybridized carbons (Fsp3) is 0.533. The van der Waals surface area contributed by atoms with E-state index in [1.807, 2.05) is 6.92 Å². The second-order valence-corrected chi connectivity index (χ2v) is 4.41. The molecule has 112 valence electrons. The number of unbranched alkanes of at least 4 members (excludes halogenated alkanes) is 2. The molecule has 0 heterocycles. The molecule has 0 atom stereocenters. The number of esters is 1. The highest BCUT2D eigenvalue weighted by Gasteiger charge is 2.11. The number of halogens is 1. The van der Waals surface area contributed by atoms with Crippen molar-refractivity contribution in [3.63, 3.8) is 0 Å². The Kier molecular flexibility index (Phi) is 7.65. The summed E-state index contributed by atoms with van der Waals surface area (Å²) in [6.45, 7) is 2.76. The number of benzene rings is 1. The Bertz CT molecular complexity index is 420. The summed E-state index contributed by atoms with van der Waals surface area (Å²) in [5, 5.41) is 8.60. The Hall–Kier alpha value is -1.62. The number of hydrogen-bond acceptors (Lipinski definition) is 4. The first-order valence-corrected chi connectivity index (χ1v) is 6.89. The summed E-state index contributed by atoms with van der Waals surface area (Å²) >= 11 is 0. The maximum Gasteiger partial charge on any atom is 0.338 e. The van der Waals surface area contributed by atoms with Gasteiger partial charge in [-0.15, -0.1) is 0 Å². The molecule has 0 bridgehead atoms. The van der Waals surface area contributed by atoms with E-state index < -0.39 is 11.8 Å². The van der Waals surface area contributed by atoms with Crippen LogP contribution in [0.4, 0.5) is 4.39 Å². The van der Waals surface area contributed by atoms with E-state index in [2.05, 4.69) is 0 Å². The first-order valence-electron chi connectivity index (χ1n) is 6.89. The Morgan fingerprint density at radius 2 is 2.05 bits per heavy atom. The lowest BCUT2D eigenvalue weighted by atomic mass is 10.2. The van der Waals surface area contributed by atoms with Crippen LogP contribution < -0.4 is 4.74 Å². The van der Waals surface area contributed by atoms with Crippen LogP contribution in [0.3, 0.4) is 0 Å². The van der Waals surface area contributed by atoms with Gasteiger partial charge in [0.2, 0.25) is 0 Å². The number of aliphatic hydroxyl groups is 1. The van der Waals surface area contributed by atoms with Gasteiger partial charge in [-0.25, -0.2) is 9.18 Å². The normalized spacial score (nSPS) is 10.3. The first kappa shape index (κ1) is 16.4. The van der Waals surface area contributed by atoms with Crippen molar-refractivity contribution in [2.75, 3.05) is 19.8 Å². The zero-order valence-corrected chi connectivity index (χ0v) is 11.7. The number of ether oxygens (including phenoxy) is 2. The SMILES string of the molecule is CCCCOc1ccc(C(=O)OCCCCO)cc1F. The third-order valence-corrected chi connectivity index (χ3v) is 2.71. The maximum absolute atomic E-state index is 13.7. The van der Waals surface area contributed by atoms with E-state index in [1.54, 1.807) is 0 Å². The molecule has 0 radical (unpaired) electrons. The molecule has 0 saturated heterocycles. The van der Waals surface area contributed by atoms with Gasteiger partial charge in [0.15, 0.2) is 11.6 Å². The number of rotatable bonds is 9. The minimum atomic E-state index is -0.568. The largest absolute Gasteiger partial charge is 0.491 e. The van der Waals surface area contributed by atoms with Crippen LogP contribution in [0.15, 0.2) is 18.2 Å². The summed E-state index contributed by atoms with van der Waals surface area (Å²) in [5.41, 5.74) is 0.161. The van der Waals surface area contributed by atoms with Crippen molar-refractivity contribution in [2.45, 2.75) is 32.6 Å². The summed E-state index contributed by atoms with van der Waals surface area (Å²) < 4.78 is 24.0. The minimum Gasteiger partial charge on any atom is -0.491 e. The molecule has 0 aliphatic rings. The average molecular weight is 284 g/mol. The molecule has 1 aromatic carbocycles. The number of hydrogen-bond donors (Lipinski definition) is 1. The Morgan fingerprint density at radius 1 is 1.25 bits per heavy atom. The van der Waals surface area contributed by atoms with Crippen LogP contribution in [-0.4, -0.2) is 30.9 Å². The highest BCUT2D eigenvalue weighted by molar-refractivity contribution is 5.89. The summed E-state index contributed by atoms with van der Waals surface area (Å²) in [6, 6.07) is 4.05. The summed E-state index contributed by atoms with van der Waals surface area (Å²) in [7, 11) is 0. The van der Waals surface area contributed by atoms with Crippen molar-refractivity contribution in [3.8, 4) is 5.75 Å². The van der Waals surface area contributed by atoms with Crippen LogP contribution in [-0.2, 0) is 4.74 Å². The Labute approximate surface area is 118 Å². The number of carbonyl (C=O) groups excluding carboxylic acids is 1. The van der Waals surface area contributed by atoms with E-state index in [1.165, 1.54) is 12.1 Å². The van der Waals surface area contributed by atoms with Crippen molar-refractivity contribution in [2.24, 2.45) is 0 Å². The van der Waals surface area contributed by atoms with E-state index >= 15 is 0 Å². The van der Waals surface area contributed by atoms with Crippen LogP contribution in [0.1, 0.15) is 43.0 Å². The number of carbonyl (C=O) groups is 1. The molecular formula is C15H21FO4. The van der Waals surface area contributed by atoms with E-state index in [-0.39, 0.29) is 24.5 Å².